The number of hydrogen-bond donors (Lipinski definition) is 1. The number of carbonyl (C=O) groups excluding carboxylic acids is 1. The maximum atomic E-state index is 11.9. The van der Waals surface area contributed by atoms with Crippen LogP contribution in [0.3, 0.4) is 0 Å². The molecule has 118 valence electrons. The van der Waals surface area contributed by atoms with E-state index in [1.165, 1.54) is 12.0 Å². The van der Waals surface area contributed by atoms with Gasteiger partial charge in [-0.15, -0.1) is 11.8 Å². The molecule has 0 aliphatic heterocycles. The molecule has 1 aromatic rings. The first-order valence-electron chi connectivity index (χ1n) is 7.23. The van der Waals surface area contributed by atoms with E-state index in [2.05, 4.69) is 40.3 Å². The number of thioether (sulfide) groups is 1. The molecule has 3 nitrogen and oxygen atoms in total. The van der Waals surface area contributed by atoms with Crippen LogP contribution in [0.4, 0.5) is 0 Å². The van der Waals surface area contributed by atoms with Crippen LogP contribution in [-0.2, 0) is 9.53 Å². The fourth-order valence-electron chi connectivity index (χ4n) is 2.04. The zero-order valence-corrected chi connectivity index (χ0v) is 15.4. The third-order valence-electron chi connectivity index (χ3n) is 3.30. The van der Waals surface area contributed by atoms with Gasteiger partial charge in [0.05, 0.1) is 7.11 Å². The quantitative estimate of drug-likeness (QED) is 0.398. The van der Waals surface area contributed by atoms with E-state index in [-0.39, 0.29) is 5.97 Å². The Morgan fingerprint density at radius 2 is 2.05 bits per heavy atom. The van der Waals surface area contributed by atoms with E-state index >= 15 is 0 Å². The van der Waals surface area contributed by atoms with Crippen LogP contribution in [0, 0.1) is 0 Å². The third-order valence-corrected chi connectivity index (χ3v) is 4.93. The van der Waals surface area contributed by atoms with Crippen molar-refractivity contribution >= 4 is 33.7 Å². The van der Waals surface area contributed by atoms with E-state index in [0.29, 0.717) is 0 Å². The largest absolute Gasteiger partial charge is 0.468 e. The molecule has 0 aliphatic carbocycles. The second kappa shape index (κ2) is 9.49. The van der Waals surface area contributed by atoms with E-state index in [0.717, 1.165) is 36.0 Å². The van der Waals surface area contributed by atoms with Crippen molar-refractivity contribution in [1.82, 2.24) is 5.32 Å². The molecular weight excluding hydrogens is 350 g/mol. The molecule has 0 spiro atoms. The van der Waals surface area contributed by atoms with Gasteiger partial charge >= 0.3 is 5.97 Å². The number of ether oxygens (including phenoxy) is 1. The molecule has 0 aromatic heterocycles. The molecule has 21 heavy (non-hydrogen) atoms. The summed E-state index contributed by atoms with van der Waals surface area (Å²) in [6.45, 7) is 4.85. The van der Waals surface area contributed by atoms with Crippen LogP contribution in [0.25, 0.3) is 0 Å². The SMILES string of the molecule is CCCNC(C)(CCCSc1ccc(Br)cc1)C(=O)OC. The molecule has 0 radical (unpaired) electrons. The molecule has 1 N–H and O–H groups in total. The number of hydrogen-bond acceptors (Lipinski definition) is 4. The minimum Gasteiger partial charge on any atom is -0.468 e. The molecule has 1 unspecified atom stereocenters. The summed E-state index contributed by atoms with van der Waals surface area (Å²) in [4.78, 5) is 13.2. The summed E-state index contributed by atoms with van der Waals surface area (Å²) in [6, 6.07) is 8.29. The Morgan fingerprint density at radius 1 is 1.38 bits per heavy atom. The first-order valence-corrected chi connectivity index (χ1v) is 9.01. The summed E-state index contributed by atoms with van der Waals surface area (Å²) in [7, 11) is 1.45. The maximum absolute atomic E-state index is 11.9. The average Bonchev–Trinajstić information content (AvgIpc) is 2.50. The van der Waals surface area contributed by atoms with Crippen LogP contribution in [0.1, 0.15) is 33.1 Å². The molecule has 0 bridgehead atoms. The summed E-state index contributed by atoms with van der Waals surface area (Å²) in [5, 5.41) is 3.31. The van der Waals surface area contributed by atoms with Gasteiger partial charge in [-0.3, -0.25) is 4.79 Å². The smallest absolute Gasteiger partial charge is 0.325 e. The molecule has 1 rings (SSSR count). The summed E-state index contributed by atoms with van der Waals surface area (Å²) < 4.78 is 6.02. The lowest BCUT2D eigenvalue weighted by Gasteiger charge is -2.28. The van der Waals surface area contributed by atoms with Crippen molar-refractivity contribution in [3.05, 3.63) is 28.7 Å². The number of carbonyl (C=O) groups is 1. The molecule has 1 aromatic carbocycles. The van der Waals surface area contributed by atoms with Gasteiger partial charge in [0.2, 0.25) is 0 Å². The van der Waals surface area contributed by atoms with Crippen molar-refractivity contribution < 1.29 is 9.53 Å². The van der Waals surface area contributed by atoms with Crippen molar-refractivity contribution in [2.24, 2.45) is 0 Å². The highest BCUT2D eigenvalue weighted by molar-refractivity contribution is 9.10. The van der Waals surface area contributed by atoms with Gasteiger partial charge in [0, 0.05) is 9.37 Å². The van der Waals surface area contributed by atoms with E-state index in [9.17, 15) is 4.79 Å². The molecule has 1 atom stereocenters. The predicted molar refractivity (Wildman–Crippen MR) is 92.8 cm³/mol. The van der Waals surface area contributed by atoms with Gasteiger partial charge in [-0.1, -0.05) is 22.9 Å². The van der Waals surface area contributed by atoms with Crippen molar-refractivity contribution in [1.29, 1.82) is 0 Å². The summed E-state index contributed by atoms with van der Waals surface area (Å²) >= 11 is 5.24. The Morgan fingerprint density at radius 3 is 2.62 bits per heavy atom. The van der Waals surface area contributed by atoms with Gasteiger partial charge in [-0.2, -0.15) is 0 Å². The highest BCUT2D eigenvalue weighted by atomic mass is 79.9. The van der Waals surface area contributed by atoms with E-state index < -0.39 is 5.54 Å². The molecule has 5 heteroatoms. The first-order chi connectivity index (χ1) is 10.0. The van der Waals surface area contributed by atoms with Crippen LogP contribution in [0.2, 0.25) is 0 Å². The minimum atomic E-state index is -0.578. The monoisotopic (exact) mass is 373 g/mol. The Hall–Kier alpha value is -0.520. The van der Waals surface area contributed by atoms with E-state index in [1.54, 1.807) is 0 Å². The predicted octanol–water partition coefficient (Wildman–Crippen LogP) is 4.25. The van der Waals surface area contributed by atoms with Crippen LogP contribution in [0.15, 0.2) is 33.6 Å². The van der Waals surface area contributed by atoms with Gasteiger partial charge in [-0.25, -0.2) is 0 Å². The second-order valence-electron chi connectivity index (χ2n) is 5.16. The number of nitrogens with one attached hydrogen (secondary N) is 1. The van der Waals surface area contributed by atoms with Gasteiger partial charge in [0.1, 0.15) is 5.54 Å². The second-order valence-corrected chi connectivity index (χ2v) is 7.24. The Labute approximate surface area is 140 Å². The fourth-order valence-corrected chi connectivity index (χ4v) is 3.15. The third kappa shape index (κ3) is 6.41. The van der Waals surface area contributed by atoms with E-state index in [4.69, 9.17) is 4.74 Å². The van der Waals surface area contributed by atoms with Crippen LogP contribution >= 0.6 is 27.7 Å². The van der Waals surface area contributed by atoms with Crippen LogP contribution in [-0.4, -0.2) is 30.9 Å². The van der Waals surface area contributed by atoms with Crippen molar-refractivity contribution in [2.75, 3.05) is 19.4 Å². The lowest BCUT2D eigenvalue weighted by molar-refractivity contribution is -0.148. The summed E-state index contributed by atoms with van der Waals surface area (Å²) in [5.74, 6) is 0.812. The van der Waals surface area contributed by atoms with Gasteiger partial charge in [0.15, 0.2) is 0 Å². The number of rotatable bonds is 9. The van der Waals surface area contributed by atoms with Crippen molar-refractivity contribution in [3.63, 3.8) is 0 Å². The molecular formula is C16H24BrNO2S. The Bertz CT molecular complexity index is 438. The number of halogens is 1. The molecule has 0 aliphatic rings. The molecule has 0 amide bonds. The topological polar surface area (TPSA) is 38.3 Å². The molecule has 0 saturated carbocycles. The van der Waals surface area contributed by atoms with Gasteiger partial charge in [-0.05, 0) is 62.7 Å². The maximum Gasteiger partial charge on any atom is 0.325 e. The van der Waals surface area contributed by atoms with Crippen molar-refractivity contribution in [3.8, 4) is 0 Å². The molecule has 0 fully saturated rings. The average molecular weight is 374 g/mol. The minimum absolute atomic E-state index is 0.176. The standard InChI is InChI=1S/C16H24BrNO2S/c1-4-11-18-16(2,15(19)20-3)10-5-12-21-14-8-6-13(17)7-9-14/h6-9,18H,4-5,10-12H2,1-3H3. The highest BCUT2D eigenvalue weighted by Gasteiger charge is 2.32. The van der Waals surface area contributed by atoms with Gasteiger partial charge in [0.25, 0.3) is 0 Å². The lowest BCUT2D eigenvalue weighted by atomic mass is 9.96. The number of esters is 1. The summed E-state index contributed by atoms with van der Waals surface area (Å²) in [6.07, 6.45) is 2.74. The zero-order valence-electron chi connectivity index (χ0n) is 12.9. The Kier molecular flexibility index (Phi) is 8.37. The fraction of sp³-hybridized carbons (Fsp3) is 0.562. The number of methoxy groups -OCH3 is 1. The Balaban J connectivity index is 2.42. The molecule has 0 saturated heterocycles. The van der Waals surface area contributed by atoms with Crippen molar-refractivity contribution in [2.45, 2.75) is 43.5 Å². The zero-order chi connectivity index (χ0) is 15.7. The number of benzene rings is 1. The van der Waals surface area contributed by atoms with Crippen LogP contribution < -0.4 is 5.32 Å². The normalized spacial score (nSPS) is 13.7. The highest BCUT2D eigenvalue weighted by Crippen LogP contribution is 2.23. The lowest BCUT2D eigenvalue weighted by Crippen LogP contribution is -2.50. The van der Waals surface area contributed by atoms with E-state index in [1.807, 2.05) is 30.8 Å². The molecule has 0 heterocycles. The van der Waals surface area contributed by atoms with Crippen LogP contribution in [0.5, 0.6) is 0 Å². The van der Waals surface area contributed by atoms with Gasteiger partial charge < -0.3 is 10.1 Å². The first kappa shape index (κ1) is 18.5. The summed E-state index contributed by atoms with van der Waals surface area (Å²) in [5.41, 5.74) is -0.578.